The largest absolute Gasteiger partial charge is 0.492 e. The molecule has 2 aromatic rings. The quantitative estimate of drug-likeness (QED) is 0.244. The molecule has 166 valence electrons. The summed E-state index contributed by atoms with van der Waals surface area (Å²) in [5.74, 6) is 0.555. The Kier molecular flexibility index (Phi) is 11.3. The Morgan fingerprint density at radius 3 is 1.40 bits per heavy atom. The molecule has 0 aliphatic rings. The van der Waals surface area contributed by atoms with Crippen molar-refractivity contribution < 1.29 is 28.5 Å². The van der Waals surface area contributed by atoms with E-state index in [1.54, 1.807) is 0 Å². The van der Waals surface area contributed by atoms with Gasteiger partial charge in [-0.05, 0) is 35.7 Å². The zero-order valence-electron chi connectivity index (χ0n) is 17.6. The number of thiophene rings is 2. The van der Waals surface area contributed by atoms with Crippen LogP contribution in [0, 0.1) is 0 Å². The molecule has 6 nitrogen and oxygen atoms in total. The van der Waals surface area contributed by atoms with Crippen molar-refractivity contribution in [3.05, 3.63) is 32.6 Å². The molecule has 0 bridgehead atoms. The number of ether oxygens (including phenoxy) is 4. The fraction of sp³-hybridized carbons (Fsp3) is 0.545. The van der Waals surface area contributed by atoms with Crippen molar-refractivity contribution >= 4 is 34.6 Å². The van der Waals surface area contributed by atoms with Gasteiger partial charge in [0.05, 0.1) is 27.4 Å². The fourth-order valence-corrected chi connectivity index (χ4v) is 4.44. The Hall–Kier alpha value is -2.06. The van der Waals surface area contributed by atoms with E-state index in [2.05, 4.69) is 0 Å². The minimum Gasteiger partial charge on any atom is -0.492 e. The van der Waals surface area contributed by atoms with Crippen LogP contribution in [-0.4, -0.2) is 39.4 Å². The molecule has 0 atom stereocenters. The molecule has 8 heteroatoms. The highest BCUT2D eigenvalue weighted by atomic mass is 32.1. The zero-order valence-corrected chi connectivity index (χ0v) is 19.3. The van der Waals surface area contributed by atoms with Gasteiger partial charge in [-0.25, -0.2) is 9.59 Å². The molecule has 0 aromatic carbocycles. The number of hydrogen-bond donors (Lipinski definition) is 0. The normalized spacial score (nSPS) is 10.6. The first-order valence-electron chi connectivity index (χ1n) is 10.2. The van der Waals surface area contributed by atoms with E-state index in [1.807, 2.05) is 22.9 Å². The van der Waals surface area contributed by atoms with E-state index in [0.29, 0.717) is 34.5 Å². The summed E-state index contributed by atoms with van der Waals surface area (Å²) in [6, 6.07) is 3.63. The Bertz CT molecular complexity index is 703. The number of rotatable bonds is 15. The van der Waals surface area contributed by atoms with Crippen LogP contribution < -0.4 is 9.47 Å². The molecule has 0 N–H and O–H groups in total. The maximum absolute atomic E-state index is 11.6. The summed E-state index contributed by atoms with van der Waals surface area (Å²) in [5.41, 5.74) is 0. The zero-order chi connectivity index (χ0) is 21.6. The summed E-state index contributed by atoms with van der Waals surface area (Å²) in [7, 11) is 2.76. The highest BCUT2D eigenvalue weighted by molar-refractivity contribution is 7.12. The summed E-state index contributed by atoms with van der Waals surface area (Å²) < 4.78 is 20.9. The van der Waals surface area contributed by atoms with Gasteiger partial charge in [0.1, 0.15) is 11.5 Å². The van der Waals surface area contributed by atoms with Crippen LogP contribution in [0.25, 0.3) is 0 Å². The minimum absolute atomic E-state index is 0.343. The Balaban J connectivity index is 1.43. The summed E-state index contributed by atoms with van der Waals surface area (Å²) in [6.07, 6.45) is 8.99. The van der Waals surface area contributed by atoms with Crippen molar-refractivity contribution in [1.82, 2.24) is 0 Å². The molecule has 2 heterocycles. The van der Waals surface area contributed by atoms with Crippen LogP contribution >= 0.6 is 22.7 Å². The molecule has 0 saturated heterocycles. The van der Waals surface area contributed by atoms with Crippen LogP contribution in [-0.2, 0) is 9.47 Å². The first kappa shape index (κ1) is 24.2. The van der Waals surface area contributed by atoms with Gasteiger partial charge in [-0.1, -0.05) is 38.5 Å². The molecule has 2 aromatic heterocycles. The standard InChI is InChI=1S/C22H30O6S2/c1-25-21(23)19-17(11-15-29-19)27-13-9-7-5-3-4-6-8-10-14-28-18-12-16-30-20(18)22(24)26-2/h11-12,15-16H,3-10,13-14H2,1-2H3. The predicted molar refractivity (Wildman–Crippen MR) is 119 cm³/mol. The smallest absolute Gasteiger partial charge is 0.351 e. The third kappa shape index (κ3) is 7.99. The van der Waals surface area contributed by atoms with Crippen molar-refractivity contribution in [1.29, 1.82) is 0 Å². The molecule has 2 rings (SSSR count). The van der Waals surface area contributed by atoms with Gasteiger partial charge in [0.25, 0.3) is 0 Å². The lowest BCUT2D eigenvalue weighted by atomic mass is 10.1. The van der Waals surface area contributed by atoms with Gasteiger partial charge in [0.15, 0.2) is 9.75 Å². The first-order chi connectivity index (χ1) is 14.7. The van der Waals surface area contributed by atoms with E-state index in [4.69, 9.17) is 18.9 Å². The molecule has 0 saturated carbocycles. The number of hydrogen-bond acceptors (Lipinski definition) is 8. The minimum atomic E-state index is -0.343. The van der Waals surface area contributed by atoms with Crippen molar-refractivity contribution in [3.8, 4) is 11.5 Å². The molecule has 0 fully saturated rings. The predicted octanol–water partition coefficient (Wildman–Crippen LogP) is 5.96. The second-order valence-electron chi connectivity index (χ2n) is 6.74. The highest BCUT2D eigenvalue weighted by Crippen LogP contribution is 2.26. The van der Waals surface area contributed by atoms with Gasteiger partial charge in [0.2, 0.25) is 0 Å². The Morgan fingerprint density at radius 2 is 1.03 bits per heavy atom. The second kappa shape index (κ2) is 14.0. The fourth-order valence-electron chi connectivity index (χ4n) is 2.93. The van der Waals surface area contributed by atoms with Crippen LogP contribution in [0.15, 0.2) is 22.9 Å². The molecular formula is C22H30O6S2. The molecule has 0 aliphatic heterocycles. The molecule has 30 heavy (non-hydrogen) atoms. The van der Waals surface area contributed by atoms with E-state index < -0.39 is 0 Å². The lowest BCUT2D eigenvalue weighted by Gasteiger charge is -2.07. The molecule has 0 radical (unpaired) electrons. The third-order valence-electron chi connectivity index (χ3n) is 4.55. The number of methoxy groups -OCH3 is 2. The lowest BCUT2D eigenvalue weighted by Crippen LogP contribution is -2.03. The maximum Gasteiger partial charge on any atom is 0.351 e. The molecule has 0 spiro atoms. The summed E-state index contributed by atoms with van der Waals surface area (Å²) in [4.78, 5) is 24.2. The van der Waals surface area contributed by atoms with Crippen LogP contribution in [0.5, 0.6) is 11.5 Å². The molecule has 0 aliphatic carbocycles. The van der Waals surface area contributed by atoms with Crippen LogP contribution in [0.1, 0.15) is 70.7 Å². The van der Waals surface area contributed by atoms with Crippen LogP contribution in [0.3, 0.4) is 0 Å². The monoisotopic (exact) mass is 454 g/mol. The molecular weight excluding hydrogens is 424 g/mol. The van der Waals surface area contributed by atoms with E-state index >= 15 is 0 Å². The van der Waals surface area contributed by atoms with Gasteiger partial charge in [-0.15, -0.1) is 22.7 Å². The van der Waals surface area contributed by atoms with Crippen LogP contribution in [0.2, 0.25) is 0 Å². The van der Waals surface area contributed by atoms with E-state index in [1.165, 1.54) is 62.6 Å². The maximum atomic E-state index is 11.6. The SMILES string of the molecule is COC(=O)c1sccc1OCCCCCCCCCCOc1ccsc1C(=O)OC. The van der Waals surface area contributed by atoms with Gasteiger partial charge >= 0.3 is 11.9 Å². The van der Waals surface area contributed by atoms with Crippen molar-refractivity contribution in [2.75, 3.05) is 27.4 Å². The van der Waals surface area contributed by atoms with Gasteiger partial charge < -0.3 is 18.9 Å². The van der Waals surface area contributed by atoms with E-state index in [-0.39, 0.29) is 11.9 Å². The third-order valence-corrected chi connectivity index (χ3v) is 6.31. The number of carbonyl (C=O) groups excluding carboxylic acids is 2. The van der Waals surface area contributed by atoms with Gasteiger partial charge in [-0.3, -0.25) is 0 Å². The lowest BCUT2D eigenvalue weighted by molar-refractivity contribution is 0.0592. The highest BCUT2D eigenvalue weighted by Gasteiger charge is 2.15. The van der Waals surface area contributed by atoms with Crippen molar-refractivity contribution in [2.24, 2.45) is 0 Å². The van der Waals surface area contributed by atoms with Crippen LogP contribution in [0.4, 0.5) is 0 Å². The van der Waals surface area contributed by atoms with E-state index in [0.717, 1.165) is 25.7 Å². The second-order valence-corrected chi connectivity index (χ2v) is 8.57. The average Bonchev–Trinajstić information content (AvgIpc) is 3.42. The Labute approximate surface area is 186 Å². The first-order valence-corrected chi connectivity index (χ1v) is 12.0. The summed E-state index contributed by atoms with van der Waals surface area (Å²) in [6.45, 7) is 1.24. The van der Waals surface area contributed by atoms with Gasteiger partial charge in [0, 0.05) is 0 Å². The number of unbranched alkanes of at least 4 members (excludes halogenated alkanes) is 7. The average molecular weight is 455 g/mol. The van der Waals surface area contributed by atoms with E-state index in [9.17, 15) is 9.59 Å². The number of esters is 2. The summed E-state index contributed by atoms with van der Waals surface area (Å²) in [5, 5.41) is 3.68. The van der Waals surface area contributed by atoms with Crippen molar-refractivity contribution in [2.45, 2.75) is 51.4 Å². The summed E-state index contributed by atoms with van der Waals surface area (Å²) >= 11 is 2.68. The molecule has 0 amide bonds. The number of carbonyl (C=O) groups is 2. The Morgan fingerprint density at radius 1 is 0.667 bits per heavy atom. The molecule has 0 unspecified atom stereocenters. The van der Waals surface area contributed by atoms with Gasteiger partial charge in [-0.2, -0.15) is 0 Å². The van der Waals surface area contributed by atoms with Crippen molar-refractivity contribution in [3.63, 3.8) is 0 Å². The topological polar surface area (TPSA) is 71.1 Å².